The van der Waals surface area contributed by atoms with Crippen molar-refractivity contribution in [1.29, 1.82) is 0 Å². The largest absolute Gasteiger partial charge is 0.504 e. The fraction of sp³-hybridized carbons (Fsp3) is 0.278. The third kappa shape index (κ3) is 5.80. The van der Waals surface area contributed by atoms with Crippen LogP contribution in [0.4, 0.5) is 10.6 Å². The average molecular weight is 343 g/mol. The van der Waals surface area contributed by atoms with Crippen molar-refractivity contribution < 1.29 is 19.4 Å². The molecule has 0 fully saturated rings. The van der Waals surface area contributed by atoms with Crippen molar-refractivity contribution in [2.24, 2.45) is 0 Å². The maximum Gasteiger partial charge on any atom is 0.407 e. The Morgan fingerprint density at radius 3 is 2.44 bits per heavy atom. The molecule has 0 saturated heterocycles. The van der Waals surface area contributed by atoms with Crippen molar-refractivity contribution >= 4 is 17.8 Å². The van der Waals surface area contributed by atoms with Crippen molar-refractivity contribution in [2.45, 2.75) is 32.9 Å². The van der Waals surface area contributed by atoms with Crippen molar-refractivity contribution in [2.75, 3.05) is 5.32 Å². The first-order chi connectivity index (χ1) is 11.7. The number of alkyl carbamates (subject to hydrolysis) is 1. The molecule has 2 aromatic rings. The van der Waals surface area contributed by atoms with E-state index in [-0.39, 0.29) is 24.0 Å². The molecule has 0 saturated carbocycles. The lowest BCUT2D eigenvalue weighted by atomic mass is 10.1. The van der Waals surface area contributed by atoms with E-state index in [4.69, 9.17) is 4.74 Å². The second kappa shape index (κ2) is 7.65. The quantitative estimate of drug-likeness (QED) is 0.792. The van der Waals surface area contributed by atoms with Crippen LogP contribution in [0.1, 0.15) is 36.7 Å². The second-order valence-electron chi connectivity index (χ2n) is 6.38. The second-order valence-corrected chi connectivity index (χ2v) is 6.38. The average Bonchev–Trinajstić information content (AvgIpc) is 2.54. The predicted octanol–water partition coefficient (Wildman–Crippen LogP) is 3.06. The lowest BCUT2D eigenvalue weighted by Crippen LogP contribution is -2.32. The number of aromatic hydroxyl groups is 1. The summed E-state index contributed by atoms with van der Waals surface area (Å²) in [4.78, 5) is 27.7. The minimum Gasteiger partial charge on any atom is -0.504 e. The van der Waals surface area contributed by atoms with Gasteiger partial charge in [-0.2, -0.15) is 0 Å². The molecule has 0 bridgehead atoms. The number of ether oxygens (including phenoxy) is 1. The molecule has 0 aliphatic rings. The molecule has 3 N–H and O–H groups in total. The van der Waals surface area contributed by atoms with Gasteiger partial charge in [0.25, 0.3) is 5.91 Å². The monoisotopic (exact) mass is 343 g/mol. The van der Waals surface area contributed by atoms with Gasteiger partial charge in [0.1, 0.15) is 5.60 Å². The molecule has 0 atom stereocenters. The number of anilines is 1. The van der Waals surface area contributed by atoms with E-state index in [1.807, 2.05) is 0 Å². The molecule has 2 rings (SSSR count). The zero-order valence-corrected chi connectivity index (χ0v) is 14.4. The molecule has 1 aromatic heterocycles. The molecule has 1 aromatic carbocycles. The smallest absolute Gasteiger partial charge is 0.407 e. The van der Waals surface area contributed by atoms with Gasteiger partial charge in [0, 0.05) is 18.3 Å². The number of carbonyl (C=O) groups excluding carboxylic acids is 2. The Bertz CT molecular complexity index is 752. The standard InChI is InChI=1S/C18H21N3O4/c1-18(2,3)25-17(24)20-11-12-6-8-13(9-7-12)16(23)21-15-14(22)5-4-10-19-15/h4-10,22H,11H2,1-3H3,(H,20,24)(H,19,21,23). The van der Waals surface area contributed by atoms with E-state index in [0.29, 0.717) is 5.56 Å². The van der Waals surface area contributed by atoms with E-state index in [0.717, 1.165) is 5.56 Å². The minimum absolute atomic E-state index is 0.100. The Kier molecular flexibility index (Phi) is 5.59. The van der Waals surface area contributed by atoms with Gasteiger partial charge in [0.15, 0.2) is 11.6 Å². The number of carbonyl (C=O) groups is 2. The summed E-state index contributed by atoms with van der Waals surface area (Å²) in [6, 6.07) is 9.71. The Labute approximate surface area is 146 Å². The Morgan fingerprint density at radius 1 is 1.16 bits per heavy atom. The van der Waals surface area contributed by atoms with Crippen LogP contribution >= 0.6 is 0 Å². The first kappa shape index (κ1) is 18.3. The lowest BCUT2D eigenvalue weighted by Gasteiger charge is -2.19. The molecular formula is C18H21N3O4. The summed E-state index contributed by atoms with van der Waals surface area (Å²) in [6.45, 7) is 5.66. The molecule has 0 aliphatic heterocycles. The van der Waals surface area contributed by atoms with Crippen LogP contribution in [0, 0.1) is 0 Å². The van der Waals surface area contributed by atoms with Crippen molar-refractivity contribution in [1.82, 2.24) is 10.3 Å². The number of nitrogens with one attached hydrogen (secondary N) is 2. The summed E-state index contributed by atoms with van der Waals surface area (Å²) in [5, 5.41) is 14.8. The highest BCUT2D eigenvalue weighted by molar-refractivity contribution is 6.04. The lowest BCUT2D eigenvalue weighted by molar-refractivity contribution is 0.0523. The van der Waals surface area contributed by atoms with E-state index in [2.05, 4.69) is 15.6 Å². The van der Waals surface area contributed by atoms with Crippen molar-refractivity contribution in [3.8, 4) is 5.75 Å². The highest BCUT2D eigenvalue weighted by Gasteiger charge is 2.15. The number of hydrogen-bond donors (Lipinski definition) is 3. The van der Waals surface area contributed by atoms with Gasteiger partial charge in [0.05, 0.1) is 0 Å². The number of amides is 2. The highest BCUT2D eigenvalue weighted by Crippen LogP contribution is 2.19. The normalized spacial score (nSPS) is 10.8. The van der Waals surface area contributed by atoms with Gasteiger partial charge < -0.3 is 20.5 Å². The highest BCUT2D eigenvalue weighted by atomic mass is 16.6. The van der Waals surface area contributed by atoms with Crippen LogP contribution in [-0.4, -0.2) is 27.7 Å². The summed E-state index contributed by atoms with van der Waals surface area (Å²) < 4.78 is 5.15. The van der Waals surface area contributed by atoms with E-state index in [1.54, 1.807) is 51.1 Å². The van der Waals surface area contributed by atoms with Crippen LogP contribution in [0.3, 0.4) is 0 Å². The van der Waals surface area contributed by atoms with Crippen LogP contribution in [-0.2, 0) is 11.3 Å². The molecule has 0 aliphatic carbocycles. The van der Waals surface area contributed by atoms with E-state index in [1.165, 1.54) is 12.3 Å². The van der Waals surface area contributed by atoms with Gasteiger partial charge in [-0.3, -0.25) is 4.79 Å². The van der Waals surface area contributed by atoms with Crippen LogP contribution in [0.25, 0.3) is 0 Å². The number of hydrogen-bond acceptors (Lipinski definition) is 5. The van der Waals surface area contributed by atoms with Gasteiger partial charge in [-0.25, -0.2) is 9.78 Å². The van der Waals surface area contributed by atoms with Gasteiger partial charge in [-0.1, -0.05) is 12.1 Å². The number of benzene rings is 1. The predicted molar refractivity (Wildman–Crippen MR) is 93.4 cm³/mol. The summed E-state index contributed by atoms with van der Waals surface area (Å²) in [7, 11) is 0. The van der Waals surface area contributed by atoms with Gasteiger partial charge in [0.2, 0.25) is 0 Å². The van der Waals surface area contributed by atoms with E-state index >= 15 is 0 Å². The summed E-state index contributed by atoms with van der Waals surface area (Å²) >= 11 is 0. The fourth-order valence-corrected chi connectivity index (χ4v) is 1.94. The Balaban J connectivity index is 1.92. The van der Waals surface area contributed by atoms with Crippen LogP contribution in [0.2, 0.25) is 0 Å². The van der Waals surface area contributed by atoms with E-state index < -0.39 is 11.7 Å². The molecule has 132 valence electrons. The van der Waals surface area contributed by atoms with Gasteiger partial charge in [-0.15, -0.1) is 0 Å². The summed E-state index contributed by atoms with van der Waals surface area (Å²) in [5.41, 5.74) is 0.678. The third-order valence-corrected chi connectivity index (χ3v) is 3.07. The van der Waals surface area contributed by atoms with Crippen LogP contribution in [0.15, 0.2) is 42.6 Å². The van der Waals surface area contributed by atoms with Crippen LogP contribution in [0.5, 0.6) is 5.75 Å². The Morgan fingerprint density at radius 2 is 1.84 bits per heavy atom. The SMILES string of the molecule is CC(C)(C)OC(=O)NCc1ccc(C(=O)Nc2ncccc2O)cc1. The van der Waals surface area contributed by atoms with Crippen LogP contribution < -0.4 is 10.6 Å². The molecule has 0 radical (unpaired) electrons. The molecule has 2 amide bonds. The molecule has 0 spiro atoms. The molecule has 7 nitrogen and oxygen atoms in total. The maximum atomic E-state index is 12.1. The summed E-state index contributed by atoms with van der Waals surface area (Å²) in [6.07, 6.45) is 0.973. The molecule has 1 heterocycles. The zero-order chi connectivity index (χ0) is 18.4. The maximum absolute atomic E-state index is 12.1. The van der Waals surface area contributed by atoms with Crippen molar-refractivity contribution in [3.05, 3.63) is 53.7 Å². The number of pyridine rings is 1. The number of rotatable bonds is 4. The summed E-state index contributed by atoms with van der Waals surface area (Å²) in [5.74, 6) is -0.391. The Hall–Kier alpha value is -3.09. The zero-order valence-electron chi connectivity index (χ0n) is 14.4. The first-order valence-corrected chi connectivity index (χ1v) is 7.76. The fourth-order valence-electron chi connectivity index (χ4n) is 1.94. The third-order valence-electron chi connectivity index (χ3n) is 3.07. The van der Waals surface area contributed by atoms with Crippen molar-refractivity contribution in [3.63, 3.8) is 0 Å². The number of nitrogens with zero attached hydrogens (tertiary/aromatic N) is 1. The molecular weight excluding hydrogens is 322 g/mol. The number of aromatic nitrogens is 1. The van der Waals surface area contributed by atoms with Gasteiger partial charge >= 0.3 is 6.09 Å². The van der Waals surface area contributed by atoms with E-state index in [9.17, 15) is 14.7 Å². The first-order valence-electron chi connectivity index (χ1n) is 7.76. The minimum atomic E-state index is -0.553. The molecule has 0 unspecified atom stereocenters. The van der Waals surface area contributed by atoms with Gasteiger partial charge in [-0.05, 0) is 50.6 Å². The molecule has 25 heavy (non-hydrogen) atoms. The molecule has 7 heteroatoms. The topological polar surface area (TPSA) is 101 Å².